The lowest BCUT2D eigenvalue weighted by atomic mass is 10.2. The molecule has 4 heteroatoms. The molecular weight excluding hydrogens is 192 g/mol. The fraction of sp³-hybridized carbons (Fsp3) is 0.545. The molecule has 4 nitrogen and oxygen atoms in total. The van der Waals surface area contributed by atoms with E-state index >= 15 is 0 Å². The highest BCUT2D eigenvalue weighted by atomic mass is 16.6. The van der Waals surface area contributed by atoms with Gasteiger partial charge in [-0.2, -0.15) is 0 Å². The van der Waals surface area contributed by atoms with E-state index in [1.807, 2.05) is 39.2 Å². The van der Waals surface area contributed by atoms with E-state index in [9.17, 15) is 4.79 Å². The van der Waals surface area contributed by atoms with Crippen LogP contribution >= 0.6 is 0 Å². The zero-order valence-electron chi connectivity index (χ0n) is 9.70. The highest BCUT2D eigenvalue weighted by molar-refractivity contribution is 5.67. The fourth-order valence-corrected chi connectivity index (χ4v) is 1.14. The van der Waals surface area contributed by atoms with Gasteiger partial charge in [0.2, 0.25) is 0 Å². The summed E-state index contributed by atoms with van der Waals surface area (Å²) in [5, 5.41) is 0. The molecule has 1 amide bonds. The van der Waals surface area contributed by atoms with Crippen LogP contribution in [-0.4, -0.2) is 28.6 Å². The van der Waals surface area contributed by atoms with Crippen molar-refractivity contribution >= 4 is 6.09 Å². The van der Waals surface area contributed by atoms with Gasteiger partial charge in [-0.1, -0.05) is 0 Å². The van der Waals surface area contributed by atoms with Crippen molar-refractivity contribution < 1.29 is 9.53 Å². The average Bonchev–Trinajstić information content (AvgIpc) is 2.53. The van der Waals surface area contributed by atoms with Crippen molar-refractivity contribution in [2.75, 3.05) is 7.05 Å². The zero-order chi connectivity index (χ0) is 11.5. The van der Waals surface area contributed by atoms with Crippen LogP contribution in [0.1, 0.15) is 26.3 Å². The van der Waals surface area contributed by atoms with E-state index in [4.69, 9.17) is 4.74 Å². The summed E-state index contributed by atoms with van der Waals surface area (Å²) >= 11 is 0. The summed E-state index contributed by atoms with van der Waals surface area (Å²) in [5.41, 5.74) is 0.618. The molecule has 0 saturated heterocycles. The first-order valence-corrected chi connectivity index (χ1v) is 4.94. The summed E-state index contributed by atoms with van der Waals surface area (Å²) < 4.78 is 5.23. The summed E-state index contributed by atoms with van der Waals surface area (Å²) in [7, 11) is 1.72. The van der Waals surface area contributed by atoms with Crippen LogP contribution in [0.15, 0.2) is 18.5 Å². The predicted molar refractivity (Wildman–Crippen MR) is 58.5 cm³/mol. The van der Waals surface area contributed by atoms with Crippen LogP contribution in [0.25, 0.3) is 0 Å². The maximum Gasteiger partial charge on any atom is 0.410 e. The van der Waals surface area contributed by atoms with Crippen LogP contribution in [0.2, 0.25) is 0 Å². The Hall–Kier alpha value is -1.45. The van der Waals surface area contributed by atoms with Crippen molar-refractivity contribution in [3.63, 3.8) is 0 Å². The van der Waals surface area contributed by atoms with E-state index in [0.717, 1.165) is 5.56 Å². The van der Waals surface area contributed by atoms with Gasteiger partial charge in [0, 0.05) is 19.4 Å². The lowest BCUT2D eigenvalue weighted by molar-refractivity contribution is 0.0285. The number of aromatic nitrogens is 1. The molecule has 0 bridgehead atoms. The molecule has 0 saturated carbocycles. The number of hydrogen-bond acceptors (Lipinski definition) is 2. The average molecular weight is 210 g/mol. The van der Waals surface area contributed by atoms with E-state index in [1.165, 1.54) is 0 Å². The standard InChI is InChI=1S/C11H18N2O2/c1-11(2,3)15-10(14)13(4)8-9-5-6-12-7-9/h5-7,12H,8H2,1-4H3. The molecule has 0 fully saturated rings. The molecule has 0 spiro atoms. The number of carbonyl (C=O) groups excluding carboxylic acids is 1. The Morgan fingerprint density at radius 2 is 2.20 bits per heavy atom. The number of H-pyrrole nitrogens is 1. The van der Waals surface area contributed by atoms with Crippen molar-refractivity contribution in [3.05, 3.63) is 24.0 Å². The number of aromatic amines is 1. The molecule has 0 aromatic carbocycles. The third-order valence-corrected chi connectivity index (χ3v) is 1.79. The highest BCUT2D eigenvalue weighted by Gasteiger charge is 2.19. The number of hydrogen-bond donors (Lipinski definition) is 1. The number of ether oxygens (including phenoxy) is 1. The monoisotopic (exact) mass is 210 g/mol. The van der Waals surface area contributed by atoms with Gasteiger partial charge in [0.15, 0.2) is 0 Å². The number of carbonyl (C=O) groups is 1. The number of amides is 1. The minimum atomic E-state index is -0.441. The van der Waals surface area contributed by atoms with Gasteiger partial charge in [-0.3, -0.25) is 0 Å². The third kappa shape index (κ3) is 4.06. The van der Waals surface area contributed by atoms with Crippen molar-refractivity contribution in [2.45, 2.75) is 32.9 Å². The Balaban J connectivity index is 2.47. The predicted octanol–water partition coefficient (Wildman–Crippen LogP) is 2.38. The van der Waals surface area contributed by atoms with Crippen molar-refractivity contribution in [1.29, 1.82) is 0 Å². The van der Waals surface area contributed by atoms with E-state index in [0.29, 0.717) is 6.54 Å². The summed E-state index contributed by atoms with van der Waals surface area (Å²) in [5.74, 6) is 0. The number of rotatable bonds is 2. The molecule has 0 aliphatic carbocycles. The molecule has 0 atom stereocenters. The SMILES string of the molecule is CN(Cc1cc[nH]c1)C(=O)OC(C)(C)C. The first-order valence-electron chi connectivity index (χ1n) is 4.94. The molecule has 0 radical (unpaired) electrons. The molecule has 0 aliphatic rings. The Bertz CT molecular complexity index is 312. The first-order chi connectivity index (χ1) is 6.88. The topological polar surface area (TPSA) is 45.3 Å². The molecule has 84 valence electrons. The summed E-state index contributed by atoms with van der Waals surface area (Å²) in [4.78, 5) is 16.1. The number of nitrogens with one attached hydrogen (secondary N) is 1. The minimum Gasteiger partial charge on any atom is -0.444 e. The minimum absolute atomic E-state index is 0.302. The van der Waals surface area contributed by atoms with E-state index in [2.05, 4.69) is 4.98 Å². The Kier molecular flexibility index (Phi) is 3.39. The lowest BCUT2D eigenvalue weighted by Gasteiger charge is -2.24. The molecule has 1 aromatic heterocycles. The van der Waals surface area contributed by atoms with Crippen LogP contribution in [0.5, 0.6) is 0 Å². The Labute approximate surface area is 90.2 Å². The molecular formula is C11H18N2O2. The second-order valence-corrected chi connectivity index (χ2v) is 4.56. The second kappa shape index (κ2) is 4.38. The van der Waals surface area contributed by atoms with Gasteiger partial charge in [0.1, 0.15) is 5.60 Å². The molecule has 1 rings (SSSR count). The Morgan fingerprint density at radius 3 is 2.67 bits per heavy atom. The summed E-state index contributed by atoms with van der Waals surface area (Å²) in [6.45, 7) is 6.12. The fourth-order valence-electron chi connectivity index (χ4n) is 1.14. The van der Waals surface area contributed by atoms with E-state index < -0.39 is 5.60 Å². The molecule has 0 unspecified atom stereocenters. The van der Waals surface area contributed by atoms with Gasteiger partial charge in [0.25, 0.3) is 0 Å². The maximum atomic E-state index is 11.6. The third-order valence-electron chi connectivity index (χ3n) is 1.79. The van der Waals surface area contributed by atoms with Crippen molar-refractivity contribution in [2.24, 2.45) is 0 Å². The second-order valence-electron chi connectivity index (χ2n) is 4.56. The van der Waals surface area contributed by atoms with Gasteiger partial charge < -0.3 is 14.6 Å². The molecule has 1 heterocycles. The molecule has 1 aromatic rings. The molecule has 15 heavy (non-hydrogen) atoms. The van der Waals surface area contributed by atoms with Crippen LogP contribution in [-0.2, 0) is 11.3 Å². The lowest BCUT2D eigenvalue weighted by Crippen LogP contribution is -2.33. The molecule has 1 N–H and O–H groups in total. The zero-order valence-corrected chi connectivity index (χ0v) is 9.70. The summed E-state index contributed by atoms with van der Waals surface area (Å²) in [6.07, 6.45) is 3.39. The smallest absolute Gasteiger partial charge is 0.410 e. The van der Waals surface area contributed by atoms with Crippen molar-refractivity contribution in [1.82, 2.24) is 9.88 Å². The van der Waals surface area contributed by atoms with Crippen LogP contribution < -0.4 is 0 Å². The maximum absolute atomic E-state index is 11.6. The van der Waals surface area contributed by atoms with Gasteiger partial charge in [-0.25, -0.2) is 4.79 Å². The summed E-state index contributed by atoms with van der Waals surface area (Å²) in [6, 6.07) is 1.93. The highest BCUT2D eigenvalue weighted by Crippen LogP contribution is 2.10. The Morgan fingerprint density at radius 1 is 1.53 bits per heavy atom. The normalized spacial score (nSPS) is 11.2. The largest absolute Gasteiger partial charge is 0.444 e. The van der Waals surface area contributed by atoms with E-state index in [1.54, 1.807) is 11.9 Å². The first kappa shape index (κ1) is 11.6. The van der Waals surface area contributed by atoms with Gasteiger partial charge in [-0.05, 0) is 32.4 Å². The van der Waals surface area contributed by atoms with Crippen LogP contribution in [0, 0.1) is 0 Å². The molecule has 0 aliphatic heterocycles. The number of nitrogens with zero attached hydrogens (tertiary/aromatic N) is 1. The van der Waals surface area contributed by atoms with Gasteiger partial charge >= 0.3 is 6.09 Å². The van der Waals surface area contributed by atoms with Crippen LogP contribution in [0.3, 0.4) is 0 Å². The van der Waals surface area contributed by atoms with E-state index in [-0.39, 0.29) is 6.09 Å². The van der Waals surface area contributed by atoms with Gasteiger partial charge in [0.05, 0.1) is 6.54 Å². The van der Waals surface area contributed by atoms with Crippen molar-refractivity contribution in [3.8, 4) is 0 Å². The quantitative estimate of drug-likeness (QED) is 0.814. The van der Waals surface area contributed by atoms with Gasteiger partial charge in [-0.15, -0.1) is 0 Å². The van der Waals surface area contributed by atoms with Crippen LogP contribution in [0.4, 0.5) is 4.79 Å².